The molecule has 0 saturated heterocycles. The molecule has 0 unspecified atom stereocenters. The van der Waals surface area contributed by atoms with Gasteiger partial charge in [-0.15, -0.1) is 11.8 Å². The first-order chi connectivity index (χ1) is 8.56. The van der Waals surface area contributed by atoms with Crippen LogP contribution in [0, 0.1) is 0 Å². The Kier molecular flexibility index (Phi) is 3.91. The second-order valence-electron chi connectivity index (χ2n) is 4.40. The molecular weight excluding hydrogens is 248 g/mol. The van der Waals surface area contributed by atoms with Gasteiger partial charge in [0.05, 0.1) is 5.25 Å². The van der Waals surface area contributed by atoms with E-state index in [4.69, 9.17) is 5.73 Å². The highest BCUT2D eigenvalue weighted by Gasteiger charge is 2.17. The van der Waals surface area contributed by atoms with E-state index in [1.165, 1.54) is 29.3 Å². The lowest BCUT2D eigenvalue weighted by atomic mass is 10.1. The Morgan fingerprint density at radius 3 is 2.78 bits per heavy atom. The second kappa shape index (κ2) is 5.44. The predicted octanol–water partition coefficient (Wildman–Crippen LogP) is 1.85. The fourth-order valence-electron chi connectivity index (χ4n) is 2.10. The summed E-state index contributed by atoms with van der Waals surface area (Å²) in [6.07, 6.45) is 3.48. The van der Waals surface area contributed by atoms with E-state index < -0.39 is 6.03 Å². The molecule has 0 saturated carbocycles. The maximum Gasteiger partial charge on any atom is 0.318 e. The molecule has 1 aromatic carbocycles. The van der Waals surface area contributed by atoms with Crippen molar-refractivity contribution in [2.24, 2.45) is 5.73 Å². The number of aryl methyl sites for hydroxylation is 2. The summed E-state index contributed by atoms with van der Waals surface area (Å²) in [6.45, 7) is 1.76. The van der Waals surface area contributed by atoms with Crippen LogP contribution in [0.5, 0.6) is 0 Å². The summed E-state index contributed by atoms with van der Waals surface area (Å²) in [5.41, 5.74) is 7.71. The highest BCUT2D eigenvalue weighted by molar-refractivity contribution is 8.00. The third-order valence-corrected chi connectivity index (χ3v) is 4.09. The summed E-state index contributed by atoms with van der Waals surface area (Å²) >= 11 is 1.44. The van der Waals surface area contributed by atoms with E-state index in [2.05, 4.69) is 17.4 Å². The fraction of sp³-hybridized carbons (Fsp3) is 0.385. The van der Waals surface area contributed by atoms with Gasteiger partial charge in [0, 0.05) is 4.90 Å². The van der Waals surface area contributed by atoms with Gasteiger partial charge in [-0.25, -0.2) is 4.79 Å². The normalized spacial score (nSPS) is 14.9. The number of primary amides is 1. The number of imide groups is 1. The molecule has 3 amide bonds. The fourth-order valence-corrected chi connectivity index (χ4v) is 3.03. The molecule has 0 spiro atoms. The number of thioether (sulfide) groups is 1. The van der Waals surface area contributed by atoms with Crippen molar-refractivity contribution in [3.63, 3.8) is 0 Å². The van der Waals surface area contributed by atoms with Crippen LogP contribution >= 0.6 is 11.8 Å². The number of urea groups is 1. The van der Waals surface area contributed by atoms with Crippen LogP contribution < -0.4 is 11.1 Å². The molecule has 1 aromatic rings. The van der Waals surface area contributed by atoms with E-state index in [1.807, 2.05) is 6.07 Å². The number of hydrogen-bond acceptors (Lipinski definition) is 3. The zero-order valence-electron chi connectivity index (χ0n) is 10.2. The van der Waals surface area contributed by atoms with Crippen molar-refractivity contribution in [2.75, 3.05) is 0 Å². The Morgan fingerprint density at radius 2 is 2.06 bits per heavy atom. The Morgan fingerprint density at radius 1 is 1.33 bits per heavy atom. The Bertz CT molecular complexity index is 488. The average Bonchev–Trinajstić information content (AvgIpc) is 2.75. The molecular formula is C13H16N2O2S. The molecule has 0 aromatic heterocycles. The van der Waals surface area contributed by atoms with Crippen LogP contribution in [0.4, 0.5) is 4.79 Å². The number of carbonyl (C=O) groups is 2. The van der Waals surface area contributed by atoms with Crippen molar-refractivity contribution in [1.82, 2.24) is 5.32 Å². The largest absolute Gasteiger partial charge is 0.351 e. The summed E-state index contributed by atoms with van der Waals surface area (Å²) in [4.78, 5) is 23.2. The van der Waals surface area contributed by atoms with Gasteiger partial charge in [0.1, 0.15) is 0 Å². The maximum atomic E-state index is 11.6. The third-order valence-electron chi connectivity index (χ3n) is 3.00. The van der Waals surface area contributed by atoms with Crippen molar-refractivity contribution >= 4 is 23.7 Å². The number of hydrogen-bond donors (Lipinski definition) is 2. The van der Waals surface area contributed by atoms with Gasteiger partial charge in [-0.1, -0.05) is 6.07 Å². The molecule has 0 bridgehead atoms. The molecule has 2 rings (SSSR count). The standard InChI is InChI=1S/C13H16N2O2S/c1-8(12(16)15-13(14)17)18-11-6-5-9-3-2-4-10(9)7-11/h5-8H,2-4H2,1H3,(H3,14,15,16,17)/t8-/m1/s1. The predicted molar refractivity (Wildman–Crippen MR) is 71.5 cm³/mol. The van der Waals surface area contributed by atoms with Crippen LogP contribution in [0.2, 0.25) is 0 Å². The van der Waals surface area contributed by atoms with Gasteiger partial charge in [0.2, 0.25) is 5.91 Å². The lowest BCUT2D eigenvalue weighted by Crippen LogP contribution is -2.39. The van der Waals surface area contributed by atoms with Crippen LogP contribution in [-0.2, 0) is 17.6 Å². The van der Waals surface area contributed by atoms with Gasteiger partial charge >= 0.3 is 6.03 Å². The molecule has 96 valence electrons. The van der Waals surface area contributed by atoms with Crippen molar-refractivity contribution < 1.29 is 9.59 Å². The first-order valence-electron chi connectivity index (χ1n) is 5.95. The van der Waals surface area contributed by atoms with Crippen LogP contribution in [0.3, 0.4) is 0 Å². The lowest BCUT2D eigenvalue weighted by molar-refractivity contribution is -0.119. The number of carbonyl (C=O) groups excluding carboxylic acids is 2. The summed E-state index contributed by atoms with van der Waals surface area (Å²) in [7, 11) is 0. The smallest absolute Gasteiger partial charge is 0.318 e. The quantitative estimate of drug-likeness (QED) is 0.818. The molecule has 0 aliphatic heterocycles. The maximum absolute atomic E-state index is 11.6. The Hall–Kier alpha value is -1.49. The molecule has 0 fully saturated rings. The first-order valence-corrected chi connectivity index (χ1v) is 6.83. The zero-order valence-corrected chi connectivity index (χ0v) is 11.0. The van der Waals surface area contributed by atoms with Crippen LogP contribution in [0.1, 0.15) is 24.5 Å². The molecule has 4 nitrogen and oxygen atoms in total. The summed E-state index contributed by atoms with van der Waals surface area (Å²) in [6, 6.07) is 5.49. The SMILES string of the molecule is C[C@@H](Sc1ccc2c(c1)CCC2)C(=O)NC(N)=O. The van der Waals surface area contributed by atoms with Crippen molar-refractivity contribution in [3.8, 4) is 0 Å². The molecule has 18 heavy (non-hydrogen) atoms. The van der Waals surface area contributed by atoms with Crippen LogP contribution in [0.25, 0.3) is 0 Å². The molecule has 5 heteroatoms. The van der Waals surface area contributed by atoms with Crippen LogP contribution in [0.15, 0.2) is 23.1 Å². The van der Waals surface area contributed by atoms with Gasteiger partial charge in [-0.2, -0.15) is 0 Å². The second-order valence-corrected chi connectivity index (χ2v) is 5.81. The van der Waals surface area contributed by atoms with Crippen LogP contribution in [-0.4, -0.2) is 17.2 Å². The number of nitrogens with two attached hydrogens (primary N) is 1. The van der Waals surface area contributed by atoms with Gasteiger partial charge < -0.3 is 5.73 Å². The van der Waals surface area contributed by atoms with Gasteiger partial charge in [-0.3, -0.25) is 10.1 Å². The summed E-state index contributed by atoms with van der Waals surface area (Å²) in [5, 5.41) is 1.76. The summed E-state index contributed by atoms with van der Waals surface area (Å²) < 4.78 is 0. The molecule has 0 heterocycles. The molecule has 1 aliphatic carbocycles. The minimum absolute atomic E-state index is 0.336. The highest BCUT2D eigenvalue weighted by atomic mass is 32.2. The van der Waals surface area contributed by atoms with Gasteiger partial charge in [0.15, 0.2) is 0 Å². The molecule has 1 aliphatic rings. The topological polar surface area (TPSA) is 72.2 Å². The zero-order chi connectivity index (χ0) is 13.1. The number of rotatable bonds is 3. The lowest BCUT2D eigenvalue weighted by Gasteiger charge is -2.11. The number of nitrogens with one attached hydrogen (secondary N) is 1. The summed E-state index contributed by atoms with van der Waals surface area (Å²) in [5.74, 6) is -0.354. The van der Waals surface area contributed by atoms with E-state index in [0.717, 1.165) is 17.7 Å². The van der Waals surface area contributed by atoms with E-state index in [9.17, 15) is 9.59 Å². The monoisotopic (exact) mass is 264 g/mol. The van der Waals surface area contributed by atoms with Crippen molar-refractivity contribution in [1.29, 1.82) is 0 Å². The molecule has 3 N–H and O–H groups in total. The number of amides is 3. The minimum Gasteiger partial charge on any atom is -0.351 e. The van der Waals surface area contributed by atoms with E-state index in [0.29, 0.717) is 0 Å². The van der Waals surface area contributed by atoms with Gasteiger partial charge in [-0.05, 0) is 49.4 Å². The minimum atomic E-state index is -0.804. The third kappa shape index (κ3) is 3.04. The Labute approximate surface area is 110 Å². The highest BCUT2D eigenvalue weighted by Crippen LogP contribution is 2.29. The number of benzene rings is 1. The molecule has 1 atom stereocenters. The average molecular weight is 264 g/mol. The number of fused-ring (bicyclic) bond motifs is 1. The van der Waals surface area contributed by atoms with E-state index in [-0.39, 0.29) is 11.2 Å². The Balaban J connectivity index is 2.01. The molecule has 0 radical (unpaired) electrons. The van der Waals surface area contributed by atoms with Gasteiger partial charge in [0.25, 0.3) is 0 Å². The van der Waals surface area contributed by atoms with E-state index in [1.54, 1.807) is 6.92 Å². The first kappa shape index (κ1) is 13.0. The van der Waals surface area contributed by atoms with Crippen molar-refractivity contribution in [2.45, 2.75) is 36.3 Å². The van der Waals surface area contributed by atoms with E-state index >= 15 is 0 Å². The van der Waals surface area contributed by atoms with Crippen molar-refractivity contribution in [3.05, 3.63) is 29.3 Å².